The first-order valence-electron chi connectivity index (χ1n) is 7.24. The smallest absolute Gasteiger partial charge is 0.326 e. The number of urea groups is 1. The van der Waals surface area contributed by atoms with Gasteiger partial charge >= 0.3 is 12.0 Å². The Hall–Kier alpha value is -1.98. The van der Waals surface area contributed by atoms with Crippen LogP contribution in [0.5, 0.6) is 0 Å². The minimum atomic E-state index is -0.946. The van der Waals surface area contributed by atoms with Crippen molar-refractivity contribution in [3.05, 3.63) is 23.7 Å². The predicted molar refractivity (Wildman–Crippen MR) is 76.9 cm³/mol. The molecule has 6 nitrogen and oxygen atoms in total. The van der Waals surface area contributed by atoms with Gasteiger partial charge in [0.2, 0.25) is 0 Å². The Balaban J connectivity index is 2.02. The molecular weight excluding hydrogens is 272 g/mol. The second kappa shape index (κ2) is 6.20. The lowest BCUT2D eigenvalue weighted by Crippen LogP contribution is -2.53. The largest absolute Gasteiger partial charge is 0.480 e. The van der Waals surface area contributed by atoms with Crippen molar-refractivity contribution in [2.45, 2.75) is 45.7 Å². The van der Waals surface area contributed by atoms with Crippen LogP contribution in [0.4, 0.5) is 4.79 Å². The van der Waals surface area contributed by atoms with E-state index in [2.05, 4.69) is 5.32 Å². The van der Waals surface area contributed by atoms with Gasteiger partial charge in [-0.05, 0) is 44.7 Å². The van der Waals surface area contributed by atoms with Gasteiger partial charge in [0.05, 0.1) is 6.04 Å². The van der Waals surface area contributed by atoms with Gasteiger partial charge in [0.25, 0.3) is 0 Å². The standard InChI is InChI=1S/C15H22N2O4/c1-9-6-7-17(12(8-9)14(18)19)15(20)16-11(3)13-5-4-10(2)21-13/h4-5,9,11-12H,6-8H2,1-3H3,(H,16,20)(H,18,19). The van der Waals surface area contributed by atoms with Crippen molar-refractivity contribution in [3.8, 4) is 0 Å². The number of aliphatic carboxylic acids is 1. The van der Waals surface area contributed by atoms with Gasteiger partial charge in [-0.3, -0.25) is 0 Å². The van der Waals surface area contributed by atoms with Gasteiger partial charge in [-0.1, -0.05) is 6.92 Å². The molecule has 1 saturated heterocycles. The third-order valence-electron chi connectivity index (χ3n) is 3.94. The first kappa shape index (κ1) is 15.4. The molecule has 3 atom stereocenters. The molecule has 1 aromatic heterocycles. The minimum absolute atomic E-state index is 0.292. The molecule has 6 heteroatoms. The van der Waals surface area contributed by atoms with Crippen molar-refractivity contribution in [2.75, 3.05) is 6.54 Å². The fraction of sp³-hybridized carbons (Fsp3) is 0.600. The maximum absolute atomic E-state index is 12.3. The summed E-state index contributed by atoms with van der Waals surface area (Å²) in [6.07, 6.45) is 1.32. The molecule has 0 saturated carbocycles. The second-order valence-corrected chi connectivity index (χ2v) is 5.80. The van der Waals surface area contributed by atoms with Crippen LogP contribution >= 0.6 is 0 Å². The number of aryl methyl sites for hydroxylation is 1. The molecule has 2 N–H and O–H groups in total. The normalized spacial score (nSPS) is 23.7. The monoisotopic (exact) mass is 294 g/mol. The molecule has 1 aliphatic rings. The van der Waals surface area contributed by atoms with E-state index in [1.807, 2.05) is 32.9 Å². The van der Waals surface area contributed by atoms with Crippen LogP contribution in [0.15, 0.2) is 16.5 Å². The minimum Gasteiger partial charge on any atom is -0.480 e. The number of rotatable bonds is 3. The number of furan rings is 1. The summed E-state index contributed by atoms with van der Waals surface area (Å²) in [6.45, 7) is 6.14. The van der Waals surface area contributed by atoms with Gasteiger partial charge < -0.3 is 19.7 Å². The number of nitrogens with zero attached hydrogens (tertiary/aromatic N) is 1. The van der Waals surface area contributed by atoms with Gasteiger partial charge in [0.15, 0.2) is 0 Å². The Morgan fingerprint density at radius 2 is 2.19 bits per heavy atom. The fourth-order valence-electron chi connectivity index (χ4n) is 2.64. The average Bonchev–Trinajstić information content (AvgIpc) is 2.85. The van der Waals surface area contributed by atoms with Crippen molar-refractivity contribution in [1.29, 1.82) is 0 Å². The quantitative estimate of drug-likeness (QED) is 0.897. The molecule has 1 aliphatic heterocycles. The molecule has 1 aromatic rings. The molecule has 2 rings (SSSR count). The highest BCUT2D eigenvalue weighted by molar-refractivity contribution is 5.83. The Labute approximate surface area is 124 Å². The molecular formula is C15H22N2O4. The highest BCUT2D eigenvalue weighted by Gasteiger charge is 2.35. The van der Waals surface area contributed by atoms with E-state index in [4.69, 9.17) is 4.42 Å². The topological polar surface area (TPSA) is 82.8 Å². The van der Waals surface area contributed by atoms with E-state index in [1.54, 1.807) is 0 Å². The van der Waals surface area contributed by atoms with Gasteiger partial charge in [-0.15, -0.1) is 0 Å². The van der Waals surface area contributed by atoms with Crippen LogP contribution in [-0.4, -0.2) is 34.6 Å². The summed E-state index contributed by atoms with van der Waals surface area (Å²) in [5, 5.41) is 12.1. The van der Waals surface area contributed by atoms with Gasteiger partial charge in [0.1, 0.15) is 17.6 Å². The molecule has 2 amide bonds. The fourth-order valence-corrected chi connectivity index (χ4v) is 2.64. The Morgan fingerprint density at radius 3 is 2.76 bits per heavy atom. The number of carbonyl (C=O) groups excluding carboxylic acids is 1. The van der Waals surface area contributed by atoms with Gasteiger partial charge in [0, 0.05) is 6.54 Å². The second-order valence-electron chi connectivity index (χ2n) is 5.80. The van der Waals surface area contributed by atoms with E-state index >= 15 is 0 Å². The molecule has 3 unspecified atom stereocenters. The molecule has 0 radical (unpaired) electrons. The lowest BCUT2D eigenvalue weighted by Gasteiger charge is -2.36. The molecule has 0 spiro atoms. The number of piperidine rings is 1. The van der Waals surface area contributed by atoms with Crippen LogP contribution in [0.1, 0.15) is 44.3 Å². The third kappa shape index (κ3) is 3.56. The molecule has 21 heavy (non-hydrogen) atoms. The van der Waals surface area contributed by atoms with E-state index in [0.29, 0.717) is 24.6 Å². The predicted octanol–water partition coefficient (Wildman–Crippen LogP) is 2.54. The number of carboxylic acid groups (broad SMARTS) is 1. The molecule has 1 fully saturated rings. The van der Waals surface area contributed by atoms with Crippen molar-refractivity contribution in [2.24, 2.45) is 5.92 Å². The van der Waals surface area contributed by atoms with Crippen LogP contribution in [0.25, 0.3) is 0 Å². The molecule has 116 valence electrons. The number of nitrogens with one attached hydrogen (secondary N) is 1. The summed E-state index contributed by atoms with van der Waals surface area (Å²) < 4.78 is 5.48. The number of hydrogen-bond acceptors (Lipinski definition) is 3. The highest BCUT2D eigenvalue weighted by atomic mass is 16.4. The SMILES string of the molecule is Cc1ccc(C(C)NC(=O)N2CCC(C)CC2C(=O)O)o1. The number of carboxylic acids is 1. The van der Waals surface area contributed by atoms with E-state index in [9.17, 15) is 14.7 Å². The molecule has 0 aromatic carbocycles. The lowest BCUT2D eigenvalue weighted by molar-refractivity contribution is -0.143. The third-order valence-corrected chi connectivity index (χ3v) is 3.94. The van der Waals surface area contributed by atoms with Crippen molar-refractivity contribution in [1.82, 2.24) is 10.2 Å². The van der Waals surface area contributed by atoms with Crippen molar-refractivity contribution in [3.63, 3.8) is 0 Å². The first-order valence-corrected chi connectivity index (χ1v) is 7.24. The lowest BCUT2D eigenvalue weighted by atomic mass is 9.93. The number of likely N-dealkylation sites (tertiary alicyclic amines) is 1. The molecule has 2 heterocycles. The van der Waals surface area contributed by atoms with Crippen LogP contribution < -0.4 is 5.32 Å². The Kier molecular flexibility index (Phi) is 4.55. The summed E-state index contributed by atoms with van der Waals surface area (Å²) in [5.74, 6) is 0.818. The maximum Gasteiger partial charge on any atom is 0.326 e. The number of amides is 2. The van der Waals surface area contributed by atoms with Crippen LogP contribution in [0.3, 0.4) is 0 Å². The molecule has 0 aliphatic carbocycles. The summed E-state index contributed by atoms with van der Waals surface area (Å²) in [6, 6.07) is 2.25. The van der Waals surface area contributed by atoms with Gasteiger partial charge in [-0.25, -0.2) is 9.59 Å². The average molecular weight is 294 g/mol. The maximum atomic E-state index is 12.3. The van der Waals surface area contributed by atoms with E-state index in [-0.39, 0.29) is 12.1 Å². The summed E-state index contributed by atoms with van der Waals surface area (Å²) in [4.78, 5) is 25.1. The van der Waals surface area contributed by atoms with Gasteiger partial charge in [-0.2, -0.15) is 0 Å². The van der Waals surface area contributed by atoms with Crippen molar-refractivity contribution < 1.29 is 19.1 Å². The summed E-state index contributed by atoms with van der Waals surface area (Å²) >= 11 is 0. The number of carbonyl (C=O) groups is 2. The zero-order valence-corrected chi connectivity index (χ0v) is 12.6. The Bertz CT molecular complexity index is 525. The van der Waals surface area contributed by atoms with E-state index in [1.165, 1.54) is 4.90 Å². The first-order chi connectivity index (χ1) is 9.88. The summed E-state index contributed by atoms with van der Waals surface area (Å²) in [5.41, 5.74) is 0. The van der Waals surface area contributed by atoms with Crippen LogP contribution in [0.2, 0.25) is 0 Å². The molecule has 0 bridgehead atoms. The number of hydrogen-bond donors (Lipinski definition) is 2. The van der Waals surface area contributed by atoms with Crippen LogP contribution in [0, 0.1) is 12.8 Å². The Morgan fingerprint density at radius 1 is 1.48 bits per heavy atom. The van der Waals surface area contributed by atoms with E-state index in [0.717, 1.165) is 12.2 Å². The van der Waals surface area contributed by atoms with Crippen LogP contribution in [-0.2, 0) is 4.79 Å². The van der Waals surface area contributed by atoms with Crippen molar-refractivity contribution >= 4 is 12.0 Å². The zero-order valence-electron chi connectivity index (χ0n) is 12.6. The van der Waals surface area contributed by atoms with E-state index < -0.39 is 12.0 Å². The zero-order chi connectivity index (χ0) is 15.6. The highest BCUT2D eigenvalue weighted by Crippen LogP contribution is 2.24. The summed E-state index contributed by atoms with van der Waals surface area (Å²) in [7, 11) is 0.